The predicted molar refractivity (Wildman–Crippen MR) is 131 cm³/mol. The number of para-hydroxylation sites is 1. The van der Waals surface area contributed by atoms with Crippen molar-refractivity contribution in [3.63, 3.8) is 0 Å². The highest BCUT2D eigenvalue weighted by molar-refractivity contribution is 5.98. The molecule has 0 unspecified atom stereocenters. The smallest absolute Gasteiger partial charge is 0.256 e. The average molecular weight is 447 g/mol. The van der Waals surface area contributed by atoms with Gasteiger partial charge in [0.1, 0.15) is 11.4 Å². The van der Waals surface area contributed by atoms with E-state index in [0.29, 0.717) is 16.7 Å². The molecule has 1 aromatic heterocycles. The molecule has 1 spiro atoms. The average Bonchev–Trinajstić information content (AvgIpc) is 2.81. The maximum atomic E-state index is 12.9. The fourth-order valence-corrected chi connectivity index (χ4v) is 5.45. The molecule has 1 amide bonds. The number of pyridine rings is 1. The van der Waals surface area contributed by atoms with Crippen LogP contribution in [0.2, 0.25) is 0 Å². The van der Waals surface area contributed by atoms with Crippen LogP contribution < -0.4 is 10.5 Å². The lowest BCUT2D eigenvalue weighted by Crippen LogP contribution is -2.48. The highest BCUT2D eigenvalue weighted by atomic mass is 16.5. The second-order valence-corrected chi connectivity index (χ2v) is 10.4. The van der Waals surface area contributed by atoms with Gasteiger partial charge in [0.15, 0.2) is 0 Å². The minimum absolute atomic E-state index is 0.0352. The monoisotopic (exact) mass is 446 g/mol. The molecule has 3 aliphatic heterocycles. The number of nitrogens with two attached hydrogens (primary N) is 1. The van der Waals surface area contributed by atoms with Crippen molar-refractivity contribution in [2.24, 2.45) is 5.41 Å². The Hall–Kier alpha value is -2.86. The van der Waals surface area contributed by atoms with E-state index in [2.05, 4.69) is 54.1 Å². The Labute approximate surface area is 196 Å². The van der Waals surface area contributed by atoms with E-state index >= 15 is 0 Å². The van der Waals surface area contributed by atoms with Gasteiger partial charge in [-0.3, -0.25) is 14.7 Å². The Morgan fingerprint density at radius 1 is 1.09 bits per heavy atom. The lowest BCUT2D eigenvalue weighted by Gasteiger charge is -2.47. The van der Waals surface area contributed by atoms with Gasteiger partial charge in [0.05, 0.1) is 17.4 Å². The van der Waals surface area contributed by atoms with Gasteiger partial charge in [0.25, 0.3) is 5.91 Å². The maximum absolute atomic E-state index is 12.9. The number of ether oxygens (including phenoxy) is 1. The van der Waals surface area contributed by atoms with E-state index < -0.39 is 0 Å². The first-order chi connectivity index (χ1) is 15.8. The Morgan fingerprint density at radius 3 is 2.55 bits per heavy atom. The summed E-state index contributed by atoms with van der Waals surface area (Å²) in [7, 11) is 0. The second kappa shape index (κ2) is 8.49. The fourth-order valence-electron chi connectivity index (χ4n) is 5.45. The zero-order valence-electron chi connectivity index (χ0n) is 19.7. The molecule has 6 heteroatoms. The minimum Gasteiger partial charge on any atom is -0.483 e. The van der Waals surface area contributed by atoms with Gasteiger partial charge in [0, 0.05) is 37.0 Å². The maximum Gasteiger partial charge on any atom is 0.256 e. The molecule has 0 radical (unpaired) electrons. The number of rotatable bonds is 3. The van der Waals surface area contributed by atoms with Crippen molar-refractivity contribution in [1.29, 1.82) is 0 Å². The highest BCUT2D eigenvalue weighted by Gasteiger charge is 2.39. The Balaban J connectivity index is 1.18. The van der Waals surface area contributed by atoms with Crippen LogP contribution in [-0.2, 0) is 6.54 Å². The van der Waals surface area contributed by atoms with Gasteiger partial charge < -0.3 is 15.4 Å². The van der Waals surface area contributed by atoms with Crippen molar-refractivity contribution in [2.75, 3.05) is 31.9 Å². The van der Waals surface area contributed by atoms with E-state index in [4.69, 9.17) is 10.5 Å². The zero-order chi connectivity index (χ0) is 23.1. The quantitative estimate of drug-likeness (QED) is 0.758. The van der Waals surface area contributed by atoms with Gasteiger partial charge >= 0.3 is 0 Å². The van der Waals surface area contributed by atoms with E-state index in [1.165, 1.54) is 24.0 Å². The minimum atomic E-state index is -0.263. The molecule has 2 fully saturated rings. The van der Waals surface area contributed by atoms with Crippen LogP contribution >= 0.6 is 0 Å². The van der Waals surface area contributed by atoms with Gasteiger partial charge in [-0.05, 0) is 70.2 Å². The molecular formula is C27H34N4O2. The van der Waals surface area contributed by atoms with Crippen LogP contribution in [0.3, 0.4) is 0 Å². The number of fused-ring (bicyclic) bond motifs is 1. The Bertz CT molecular complexity index is 1060. The van der Waals surface area contributed by atoms with E-state index in [-0.39, 0.29) is 11.5 Å². The van der Waals surface area contributed by atoms with Gasteiger partial charge in [-0.15, -0.1) is 0 Å². The summed E-state index contributed by atoms with van der Waals surface area (Å²) < 4.78 is 6.32. The number of carbonyl (C=O) groups is 1. The number of aromatic nitrogens is 1. The third-order valence-corrected chi connectivity index (χ3v) is 7.66. The van der Waals surface area contributed by atoms with Crippen molar-refractivity contribution >= 4 is 17.7 Å². The summed E-state index contributed by atoms with van der Waals surface area (Å²) in [6, 6.07) is 8.19. The largest absolute Gasteiger partial charge is 0.483 e. The Kier molecular flexibility index (Phi) is 5.65. The van der Waals surface area contributed by atoms with E-state index in [1.807, 2.05) is 4.90 Å². The molecule has 2 saturated heterocycles. The molecule has 2 N–H and O–H groups in total. The van der Waals surface area contributed by atoms with Crippen LogP contribution in [0.1, 0.15) is 61.0 Å². The van der Waals surface area contributed by atoms with E-state index in [0.717, 1.165) is 51.3 Å². The molecule has 1 aromatic carbocycles. The number of carbonyl (C=O) groups excluding carboxylic acids is 1. The molecular weight excluding hydrogens is 412 g/mol. The molecule has 2 aromatic rings. The third kappa shape index (κ3) is 4.49. The summed E-state index contributed by atoms with van der Waals surface area (Å²) in [6.45, 7) is 8.93. The number of nitrogens with zero attached hydrogens (tertiary/aromatic N) is 3. The summed E-state index contributed by atoms with van der Waals surface area (Å²) in [5, 5.41) is 0. The molecule has 174 valence electrons. The number of hydrogen-bond donors (Lipinski definition) is 1. The highest BCUT2D eigenvalue weighted by Crippen LogP contribution is 2.42. The first-order valence-corrected chi connectivity index (χ1v) is 12.1. The van der Waals surface area contributed by atoms with Gasteiger partial charge in [-0.1, -0.05) is 24.3 Å². The second-order valence-electron chi connectivity index (χ2n) is 10.4. The van der Waals surface area contributed by atoms with Crippen LogP contribution in [0, 0.1) is 5.41 Å². The SMILES string of the molecule is CC1(C)C=Cc2cccc(CN3CCC4(CC3)CCN(C(=O)c3ccncc3N)CC4)c2O1. The van der Waals surface area contributed by atoms with Crippen LogP contribution in [-0.4, -0.2) is 52.5 Å². The molecule has 0 saturated carbocycles. The van der Waals surface area contributed by atoms with Crippen LogP contribution in [0.25, 0.3) is 6.08 Å². The zero-order valence-corrected chi connectivity index (χ0v) is 19.7. The molecule has 0 atom stereocenters. The molecule has 0 bridgehead atoms. The molecule has 0 aliphatic carbocycles. The first kappa shape index (κ1) is 22.0. The van der Waals surface area contributed by atoms with Crippen molar-refractivity contribution in [3.05, 3.63) is 59.4 Å². The summed E-state index contributed by atoms with van der Waals surface area (Å²) in [4.78, 5) is 21.4. The first-order valence-electron chi connectivity index (χ1n) is 12.1. The van der Waals surface area contributed by atoms with Gasteiger partial charge in [-0.25, -0.2) is 0 Å². The fraction of sp³-hybridized carbons (Fsp3) is 0.481. The molecule has 4 heterocycles. The third-order valence-electron chi connectivity index (χ3n) is 7.66. The van der Waals surface area contributed by atoms with Crippen molar-refractivity contribution in [3.8, 4) is 5.75 Å². The lowest BCUT2D eigenvalue weighted by molar-refractivity contribution is 0.0282. The topological polar surface area (TPSA) is 71.7 Å². The van der Waals surface area contributed by atoms with Crippen LogP contribution in [0.15, 0.2) is 42.7 Å². The summed E-state index contributed by atoms with van der Waals surface area (Å²) in [6.07, 6.45) is 12.0. The normalized spacial score (nSPS) is 21.5. The number of hydrogen-bond acceptors (Lipinski definition) is 5. The van der Waals surface area contributed by atoms with Crippen molar-refractivity contribution in [2.45, 2.75) is 51.7 Å². The van der Waals surface area contributed by atoms with Gasteiger partial charge in [-0.2, -0.15) is 0 Å². The predicted octanol–water partition coefficient (Wildman–Crippen LogP) is 4.37. The Morgan fingerprint density at radius 2 is 1.82 bits per heavy atom. The van der Waals surface area contributed by atoms with Crippen LogP contribution in [0.4, 0.5) is 5.69 Å². The molecule has 33 heavy (non-hydrogen) atoms. The number of nitrogen functional groups attached to an aromatic ring is 1. The standard InChI is InChI=1S/C27H34N4O2/c1-26(2)8-6-20-4-3-5-21(24(20)33-26)19-30-14-9-27(10-15-30)11-16-31(17-12-27)25(32)22-7-13-29-18-23(22)28/h3-8,13,18H,9-12,14-17,19,28H2,1-2H3. The summed E-state index contributed by atoms with van der Waals surface area (Å²) in [5.74, 6) is 1.07. The summed E-state index contributed by atoms with van der Waals surface area (Å²) >= 11 is 0. The van der Waals surface area contributed by atoms with Crippen molar-refractivity contribution in [1.82, 2.24) is 14.8 Å². The van der Waals surface area contributed by atoms with E-state index in [1.54, 1.807) is 18.5 Å². The molecule has 6 nitrogen and oxygen atoms in total. The number of likely N-dealkylation sites (tertiary alicyclic amines) is 2. The van der Waals surface area contributed by atoms with E-state index in [9.17, 15) is 4.79 Å². The number of piperidine rings is 2. The lowest BCUT2D eigenvalue weighted by atomic mass is 9.71. The van der Waals surface area contributed by atoms with Crippen LogP contribution in [0.5, 0.6) is 5.75 Å². The molecule has 5 rings (SSSR count). The summed E-state index contributed by atoms with van der Waals surface area (Å²) in [5.41, 5.74) is 9.54. The number of anilines is 1. The number of amides is 1. The molecule has 3 aliphatic rings. The number of benzene rings is 1. The van der Waals surface area contributed by atoms with Gasteiger partial charge in [0.2, 0.25) is 0 Å². The van der Waals surface area contributed by atoms with Crippen molar-refractivity contribution < 1.29 is 9.53 Å².